The van der Waals surface area contributed by atoms with Crippen LogP contribution in [0.1, 0.15) is 9.80 Å². The van der Waals surface area contributed by atoms with Gasteiger partial charge in [-0.25, -0.2) is 4.98 Å². The molecule has 146 valence electrons. The lowest BCUT2D eigenvalue weighted by Crippen LogP contribution is -2.43. The zero-order valence-corrected chi connectivity index (χ0v) is 16.4. The molecule has 1 aliphatic heterocycles. The molecule has 5 rings (SSSR count). The molecule has 0 atom stereocenters. The SMILES string of the molecule is O=C(Nc1cnccc1N1CCNCC1)c1nc(-c2cc3ccccc3o2)cs1. The molecule has 1 aliphatic rings. The molecule has 0 radical (unpaired) electrons. The summed E-state index contributed by atoms with van der Waals surface area (Å²) in [5.41, 5.74) is 3.13. The van der Waals surface area contributed by atoms with Crippen molar-refractivity contribution in [3.8, 4) is 11.5 Å². The average molecular weight is 405 g/mol. The number of rotatable bonds is 4. The minimum Gasteiger partial charge on any atom is -0.454 e. The van der Waals surface area contributed by atoms with Gasteiger partial charge in [0.25, 0.3) is 5.91 Å². The van der Waals surface area contributed by atoms with Gasteiger partial charge in [-0.1, -0.05) is 18.2 Å². The largest absolute Gasteiger partial charge is 0.454 e. The van der Waals surface area contributed by atoms with E-state index in [0.717, 1.165) is 42.8 Å². The third kappa shape index (κ3) is 3.59. The van der Waals surface area contributed by atoms with E-state index < -0.39 is 0 Å². The second kappa shape index (κ2) is 7.65. The van der Waals surface area contributed by atoms with Gasteiger partial charge in [0, 0.05) is 43.1 Å². The Labute approximate surface area is 171 Å². The molecule has 4 heterocycles. The summed E-state index contributed by atoms with van der Waals surface area (Å²) in [7, 11) is 0. The van der Waals surface area contributed by atoms with Crippen LogP contribution in [-0.4, -0.2) is 42.1 Å². The van der Waals surface area contributed by atoms with E-state index in [9.17, 15) is 4.79 Å². The summed E-state index contributed by atoms with van der Waals surface area (Å²) in [5.74, 6) is 0.408. The van der Waals surface area contributed by atoms with Crippen LogP contribution in [0.5, 0.6) is 0 Å². The molecule has 1 saturated heterocycles. The fraction of sp³-hybridized carbons (Fsp3) is 0.190. The number of hydrogen-bond acceptors (Lipinski definition) is 7. The van der Waals surface area contributed by atoms with E-state index in [1.807, 2.05) is 41.8 Å². The molecular weight excluding hydrogens is 386 g/mol. The maximum atomic E-state index is 12.8. The predicted molar refractivity (Wildman–Crippen MR) is 115 cm³/mol. The molecule has 1 fully saturated rings. The summed E-state index contributed by atoms with van der Waals surface area (Å²) >= 11 is 1.30. The molecule has 1 aromatic carbocycles. The smallest absolute Gasteiger partial charge is 0.284 e. The Morgan fingerprint density at radius 3 is 2.93 bits per heavy atom. The van der Waals surface area contributed by atoms with Gasteiger partial charge >= 0.3 is 0 Å². The molecule has 4 aromatic rings. The number of benzene rings is 1. The first kappa shape index (κ1) is 17.8. The van der Waals surface area contributed by atoms with Gasteiger partial charge < -0.3 is 20.0 Å². The molecule has 3 aromatic heterocycles. The number of anilines is 2. The van der Waals surface area contributed by atoms with E-state index in [0.29, 0.717) is 22.1 Å². The molecule has 0 spiro atoms. The van der Waals surface area contributed by atoms with Crippen LogP contribution in [0.4, 0.5) is 11.4 Å². The van der Waals surface area contributed by atoms with Crippen molar-refractivity contribution < 1.29 is 9.21 Å². The van der Waals surface area contributed by atoms with Gasteiger partial charge in [0.2, 0.25) is 0 Å². The van der Waals surface area contributed by atoms with Crippen LogP contribution in [0, 0.1) is 0 Å². The maximum Gasteiger partial charge on any atom is 0.284 e. The Hall–Kier alpha value is -3.23. The molecule has 2 N–H and O–H groups in total. The third-order valence-corrected chi connectivity index (χ3v) is 5.72. The Morgan fingerprint density at radius 1 is 1.21 bits per heavy atom. The number of fused-ring (bicyclic) bond motifs is 1. The molecule has 0 saturated carbocycles. The molecule has 1 amide bonds. The van der Waals surface area contributed by atoms with E-state index in [-0.39, 0.29) is 5.91 Å². The topological polar surface area (TPSA) is 83.3 Å². The first-order chi connectivity index (χ1) is 14.3. The van der Waals surface area contributed by atoms with Crippen molar-refractivity contribution in [3.05, 3.63) is 59.2 Å². The summed E-state index contributed by atoms with van der Waals surface area (Å²) < 4.78 is 5.85. The number of carbonyl (C=O) groups is 1. The van der Waals surface area contributed by atoms with Crippen LogP contribution in [0.2, 0.25) is 0 Å². The predicted octanol–water partition coefficient (Wildman–Crippen LogP) is 3.61. The molecular formula is C21H19N5O2S. The number of piperazine rings is 1. The minimum atomic E-state index is -0.248. The normalized spacial score (nSPS) is 14.3. The monoisotopic (exact) mass is 405 g/mol. The van der Waals surface area contributed by atoms with Gasteiger partial charge in [-0.3, -0.25) is 9.78 Å². The minimum absolute atomic E-state index is 0.248. The number of amides is 1. The van der Waals surface area contributed by atoms with Crippen molar-refractivity contribution in [2.45, 2.75) is 0 Å². The standard InChI is InChI=1S/C21H19N5O2S/c27-20(24-15-12-23-6-5-17(15)26-9-7-22-8-10-26)21-25-16(13-29-21)19-11-14-3-1-2-4-18(14)28-19/h1-6,11-13,22H,7-10H2,(H,24,27). The molecule has 0 aliphatic carbocycles. The van der Waals surface area contributed by atoms with Crippen molar-refractivity contribution >= 4 is 39.6 Å². The lowest BCUT2D eigenvalue weighted by Gasteiger charge is -2.30. The van der Waals surface area contributed by atoms with Crippen LogP contribution in [-0.2, 0) is 0 Å². The van der Waals surface area contributed by atoms with Crippen molar-refractivity contribution in [1.29, 1.82) is 0 Å². The van der Waals surface area contributed by atoms with Crippen molar-refractivity contribution in [2.24, 2.45) is 0 Å². The first-order valence-corrected chi connectivity index (χ1v) is 10.3. The second-order valence-electron chi connectivity index (χ2n) is 6.77. The van der Waals surface area contributed by atoms with Crippen LogP contribution in [0.25, 0.3) is 22.4 Å². The van der Waals surface area contributed by atoms with E-state index in [2.05, 4.69) is 25.5 Å². The van der Waals surface area contributed by atoms with E-state index in [1.54, 1.807) is 12.4 Å². The Kier molecular flexibility index (Phi) is 4.71. The Morgan fingerprint density at radius 2 is 2.07 bits per heavy atom. The zero-order valence-electron chi connectivity index (χ0n) is 15.6. The van der Waals surface area contributed by atoms with Crippen LogP contribution in [0.15, 0.2) is 58.6 Å². The fourth-order valence-corrected chi connectivity index (χ4v) is 4.14. The summed E-state index contributed by atoms with van der Waals surface area (Å²) in [4.78, 5) is 23.7. The summed E-state index contributed by atoms with van der Waals surface area (Å²) in [6, 6.07) is 11.7. The highest BCUT2D eigenvalue weighted by atomic mass is 32.1. The number of nitrogens with zero attached hydrogens (tertiary/aromatic N) is 3. The second-order valence-corrected chi connectivity index (χ2v) is 7.63. The average Bonchev–Trinajstić information content (AvgIpc) is 3.42. The number of aromatic nitrogens is 2. The van der Waals surface area contributed by atoms with E-state index in [4.69, 9.17) is 4.42 Å². The van der Waals surface area contributed by atoms with Crippen molar-refractivity contribution in [3.63, 3.8) is 0 Å². The number of carbonyl (C=O) groups excluding carboxylic acids is 1. The Balaban J connectivity index is 1.37. The molecule has 0 unspecified atom stereocenters. The fourth-order valence-electron chi connectivity index (χ4n) is 3.44. The van der Waals surface area contributed by atoms with Gasteiger partial charge in [0.05, 0.1) is 17.6 Å². The quantitative estimate of drug-likeness (QED) is 0.540. The molecule has 8 heteroatoms. The molecule has 0 bridgehead atoms. The van der Waals surface area contributed by atoms with Crippen LogP contribution in [0.3, 0.4) is 0 Å². The highest BCUT2D eigenvalue weighted by Gasteiger charge is 2.19. The first-order valence-electron chi connectivity index (χ1n) is 9.43. The Bertz CT molecular complexity index is 1130. The number of thiazole rings is 1. The maximum absolute atomic E-state index is 12.8. The number of furan rings is 1. The van der Waals surface area contributed by atoms with Gasteiger partial charge in [0.15, 0.2) is 10.8 Å². The summed E-state index contributed by atoms with van der Waals surface area (Å²) in [6.07, 6.45) is 3.43. The van der Waals surface area contributed by atoms with Gasteiger partial charge in [-0.15, -0.1) is 11.3 Å². The van der Waals surface area contributed by atoms with Crippen molar-refractivity contribution in [2.75, 3.05) is 36.4 Å². The molecule has 7 nitrogen and oxygen atoms in total. The zero-order chi connectivity index (χ0) is 19.6. The van der Waals surface area contributed by atoms with Crippen LogP contribution >= 0.6 is 11.3 Å². The number of nitrogens with one attached hydrogen (secondary N) is 2. The lowest BCUT2D eigenvalue weighted by atomic mass is 10.2. The van der Waals surface area contributed by atoms with Gasteiger partial charge in [-0.2, -0.15) is 0 Å². The summed E-state index contributed by atoms with van der Waals surface area (Å²) in [6.45, 7) is 3.62. The number of hydrogen-bond donors (Lipinski definition) is 2. The van der Waals surface area contributed by atoms with Gasteiger partial charge in [-0.05, 0) is 18.2 Å². The highest BCUT2D eigenvalue weighted by Crippen LogP contribution is 2.30. The van der Waals surface area contributed by atoms with Crippen molar-refractivity contribution in [1.82, 2.24) is 15.3 Å². The van der Waals surface area contributed by atoms with Crippen LogP contribution < -0.4 is 15.5 Å². The third-order valence-electron chi connectivity index (χ3n) is 4.88. The van der Waals surface area contributed by atoms with E-state index in [1.165, 1.54) is 11.3 Å². The lowest BCUT2D eigenvalue weighted by molar-refractivity contribution is 0.102. The van der Waals surface area contributed by atoms with Gasteiger partial charge in [0.1, 0.15) is 11.3 Å². The molecule has 29 heavy (non-hydrogen) atoms. The highest BCUT2D eigenvalue weighted by molar-refractivity contribution is 7.12. The van der Waals surface area contributed by atoms with E-state index >= 15 is 0 Å². The number of para-hydroxylation sites is 1. The number of pyridine rings is 1. The summed E-state index contributed by atoms with van der Waals surface area (Å²) in [5, 5.41) is 9.54.